The molecule has 0 aliphatic heterocycles. The molecule has 35 heavy (non-hydrogen) atoms. The van der Waals surface area contributed by atoms with Crippen LogP contribution in [0.15, 0.2) is 53.5 Å². The van der Waals surface area contributed by atoms with Gasteiger partial charge in [-0.3, -0.25) is 4.99 Å². The van der Waals surface area contributed by atoms with E-state index in [2.05, 4.69) is 9.98 Å². The summed E-state index contributed by atoms with van der Waals surface area (Å²) in [4.78, 5) is 7.27. The van der Waals surface area contributed by atoms with Gasteiger partial charge in [0.25, 0.3) is 0 Å². The van der Waals surface area contributed by atoms with Crippen LogP contribution in [0.2, 0.25) is 0 Å². The van der Waals surface area contributed by atoms with Crippen LogP contribution in [-0.2, 0) is 11.6 Å². The quantitative estimate of drug-likeness (QED) is 0.299. The molecule has 0 amide bonds. The van der Waals surface area contributed by atoms with Crippen molar-refractivity contribution in [2.75, 3.05) is 7.11 Å². The lowest BCUT2D eigenvalue weighted by atomic mass is 9.74. The van der Waals surface area contributed by atoms with Gasteiger partial charge in [-0.2, -0.15) is 26.3 Å². The number of benzene rings is 2. The first-order valence-electron chi connectivity index (χ1n) is 10.2. The van der Waals surface area contributed by atoms with E-state index in [9.17, 15) is 35.8 Å². The summed E-state index contributed by atoms with van der Waals surface area (Å²) in [6, 6.07) is 8.96. The van der Waals surface area contributed by atoms with E-state index in [4.69, 9.17) is 4.74 Å². The average Bonchev–Trinajstić information content (AvgIpc) is 2.75. The molecule has 0 saturated carbocycles. The standard InChI is InChI=1S/C24H21F7N2O2/c1-21(2,16-11-14(25)7-9-19(16)35-3)12-22(34,24(29,30)31)13-32-17-5-4-6-18-15(17)8-10-20(33-18)23(26,27)28/h4-11,13,34H,12H2,1-3H3/b32-13-. The maximum Gasteiger partial charge on any atom is 0.433 e. The van der Waals surface area contributed by atoms with Crippen LogP contribution in [-0.4, -0.2) is 35.2 Å². The lowest BCUT2D eigenvalue weighted by Gasteiger charge is -2.36. The van der Waals surface area contributed by atoms with Crippen LogP contribution in [0.5, 0.6) is 5.75 Å². The van der Waals surface area contributed by atoms with E-state index in [-0.39, 0.29) is 27.9 Å². The van der Waals surface area contributed by atoms with Crippen molar-refractivity contribution in [2.24, 2.45) is 4.99 Å². The zero-order chi connectivity index (χ0) is 26.2. The maximum atomic E-state index is 14.0. The topological polar surface area (TPSA) is 54.7 Å². The van der Waals surface area contributed by atoms with Crippen LogP contribution in [0.3, 0.4) is 0 Å². The second-order valence-electron chi connectivity index (χ2n) is 8.62. The van der Waals surface area contributed by atoms with Gasteiger partial charge in [-0.15, -0.1) is 0 Å². The summed E-state index contributed by atoms with van der Waals surface area (Å²) in [5.41, 5.74) is -6.21. The molecule has 0 bridgehead atoms. The van der Waals surface area contributed by atoms with Gasteiger partial charge in [0, 0.05) is 17.2 Å². The Balaban J connectivity index is 2.04. The third kappa shape index (κ3) is 5.55. The molecule has 0 aliphatic rings. The summed E-state index contributed by atoms with van der Waals surface area (Å²) < 4.78 is 99.9. The molecule has 0 radical (unpaired) electrons. The van der Waals surface area contributed by atoms with Crippen LogP contribution >= 0.6 is 0 Å². The number of pyridine rings is 1. The predicted molar refractivity (Wildman–Crippen MR) is 116 cm³/mol. The molecule has 11 heteroatoms. The normalized spacial score (nSPS) is 14.9. The number of fused-ring (bicyclic) bond motifs is 1. The second kappa shape index (κ2) is 9.10. The summed E-state index contributed by atoms with van der Waals surface area (Å²) in [7, 11) is 1.28. The number of aliphatic hydroxyl groups is 1. The minimum atomic E-state index is -5.18. The molecule has 0 aliphatic carbocycles. The lowest BCUT2D eigenvalue weighted by Crippen LogP contribution is -2.50. The van der Waals surface area contributed by atoms with E-state index in [0.29, 0.717) is 12.3 Å². The number of hydrogen-bond acceptors (Lipinski definition) is 4. The lowest BCUT2D eigenvalue weighted by molar-refractivity contribution is -0.234. The highest BCUT2D eigenvalue weighted by Gasteiger charge is 2.55. The first kappa shape index (κ1) is 26.4. The fourth-order valence-corrected chi connectivity index (χ4v) is 3.78. The summed E-state index contributed by atoms with van der Waals surface area (Å²) in [6.45, 7) is 2.77. The zero-order valence-corrected chi connectivity index (χ0v) is 18.8. The third-order valence-corrected chi connectivity index (χ3v) is 5.51. The van der Waals surface area contributed by atoms with Crippen molar-refractivity contribution in [1.29, 1.82) is 0 Å². The van der Waals surface area contributed by atoms with Gasteiger partial charge in [0.1, 0.15) is 17.3 Å². The van der Waals surface area contributed by atoms with Crippen molar-refractivity contribution in [3.63, 3.8) is 0 Å². The van der Waals surface area contributed by atoms with Crippen molar-refractivity contribution in [1.82, 2.24) is 4.98 Å². The number of aliphatic imine (C=N–C) groups is 1. The molecule has 0 spiro atoms. The minimum Gasteiger partial charge on any atom is -0.496 e. The van der Waals surface area contributed by atoms with E-state index >= 15 is 0 Å². The molecule has 0 fully saturated rings. The molecule has 188 valence electrons. The van der Waals surface area contributed by atoms with Crippen LogP contribution in [0.25, 0.3) is 10.9 Å². The highest BCUT2D eigenvalue weighted by Crippen LogP contribution is 2.43. The average molecular weight is 502 g/mol. The zero-order valence-electron chi connectivity index (χ0n) is 18.8. The van der Waals surface area contributed by atoms with E-state index in [1.165, 1.54) is 45.2 Å². The highest BCUT2D eigenvalue weighted by molar-refractivity contribution is 5.92. The van der Waals surface area contributed by atoms with Gasteiger partial charge in [0.2, 0.25) is 0 Å². The van der Waals surface area contributed by atoms with Gasteiger partial charge in [-0.1, -0.05) is 19.9 Å². The van der Waals surface area contributed by atoms with Gasteiger partial charge in [-0.25, -0.2) is 9.37 Å². The van der Waals surface area contributed by atoms with Crippen molar-refractivity contribution in [3.8, 4) is 5.75 Å². The van der Waals surface area contributed by atoms with Crippen molar-refractivity contribution < 1.29 is 40.6 Å². The number of nitrogens with zero attached hydrogens (tertiary/aromatic N) is 2. The van der Waals surface area contributed by atoms with Gasteiger partial charge in [0.05, 0.1) is 18.3 Å². The Kier molecular flexibility index (Phi) is 6.86. The number of methoxy groups -OCH3 is 1. The fraction of sp³-hybridized carbons (Fsp3) is 0.333. The smallest absolute Gasteiger partial charge is 0.433 e. The Hall–Kier alpha value is -3.21. The van der Waals surface area contributed by atoms with Crippen molar-refractivity contribution >= 4 is 22.8 Å². The summed E-state index contributed by atoms with van der Waals surface area (Å²) in [5, 5.41) is 10.8. The third-order valence-electron chi connectivity index (χ3n) is 5.51. The summed E-state index contributed by atoms with van der Waals surface area (Å²) >= 11 is 0. The second-order valence-corrected chi connectivity index (χ2v) is 8.62. The summed E-state index contributed by atoms with van der Waals surface area (Å²) in [6.07, 6.45) is -10.5. The predicted octanol–water partition coefficient (Wildman–Crippen LogP) is 6.76. The molecule has 2 aromatic carbocycles. The van der Waals surface area contributed by atoms with Gasteiger partial charge in [0.15, 0.2) is 5.60 Å². The highest BCUT2D eigenvalue weighted by atomic mass is 19.4. The Morgan fingerprint density at radius 1 is 1.00 bits per heavy atom. The molecule has 0 saturated heterocycles. The molecule has 3 rings (SSSR count). The maximum absolute atomic E-state index is 14.0. The van der Waals surface area contributed by atoms with E-state index in [1.807, 2.05) is 0 Å². The number of ether oxygens (including phenoxy) is 1. The van der Waals surface area contributed by atoms with Crippen LogP contribution in [0.1, 0.15) is 31.5 Å². The molecule has 4 nitrogen and oxygen atoms in total. The number of alkyl halides is 6. The molecule has 3 aromatic rings. The molecule has 1 aromatic heterocycles. The Morgan fingerprint density at radius 3 is 2.29 bits per heavy atom. The first-order chi connectivity index (χ1) is 16.1. The van der Waals surface area contributed by atoms with Crippen molar-refractivity contribution in [2.45, 2.75) is 43.6 Å². The van der Waals surface area contributed by atoms with Gasteiger partial charge in [-0.05, 0) is 54.3 Å². The molecular formula is C24H21F7N2O2. The Bertz CT molecular complexity index is 1250. The van der Waals surface area contributed by atoms with Gasteiger partial charge < -0.3 is 9.84 Å². The largest absolute Gasteiger partial charge is 0.496 e. The first-order valence-corrected chi connectivity index (χ1v) is 10.2. The van der Waals surface area contributed by atoms with E-state index < -0.39 is 41.3 Å². The monoisotopic (exact) mass is 502 g/mol. The number of halogens is 7. The van der Waals surface area contributed by atoms with Crippen molar-refractivity contribution in [3.05, 3.63) is 65.6 Å². The minimum absolute atomic E-state index is 0.0623. The van der Waals surface area contributed by atoms with Crippen LogP contribution < -0.4 is 4.74 Å². The molecular weight excluding hydrogens is 481 g/mol. The molecule has 1 N–H and O–H groups in total. The molecule has 1 atom stereocenters. The Labute approximate surface area is 196 Å². The van der Waals surface area contributed by atoms with Gasteiger partial charge >= 0.3 is 12.4 Å². The number of hydrogen-bond donors (Lipinski definition) is 1. The number of rotatable bonds is 6. The number of aromatic nitrogens is 1. The van der Waals surface area contributed by atoms with Crippen LogP contribution in [0.4, 0.5) is 36.4 Å². The fourth-order valence-electron chi connectivity index (χ4n) is 3.78. The van der Waals surface area contributed by atoms with E-state index in [0.717, 1.165) is 18.2 Å². The molecule has 1 unspecified atom stereocenters. The molecule has 1 heterocycles. The summed E-state index contributed by atoms with van der Waals surface area (Å²) in [5.74, 6) is -0.557. The van der Waals surface area contributed by atoms with E-state index in [1.54, 1.807) is 0 Å². The Morgan fingerprint density at radius 2 is 1.69 bits per heavy atom. The SMILES string of the molecule is COc1ccc(F)cc1C(C)(C)CC(O)(/C=N\c1cccc2nc(C(F)(F)F)ccc12)C(F)(F)F. The van der Waals surface area contributed by atoms with Crippen LogP contribution in [0, 0.1) is 5.82 Å².